The van der Waals surface area contributed by atoms with Crippen molar-refractivity contribution in [3.8, 4) is 0 Å². The molecule has 0 fully saturated rings. The fourth-order valence-corrected chi connectivity index (χ4v) is 1.60. The van der Waals surface area contributed by atoms with E-state index in [1.807, 2.05) is 6.92 Å². The van der Waals surface area contributed by atoms with E-state index in [9.17, 15) is 14.9 Å². The summed E-state index contributed by atoms with van der Waals surface area (Å²) in [6.45, 7) is 1.95. The number of carbonyl (C=O) groups is 1. The normalized spacial score (nSPS) is 11.8. The number of hydrogen-bond acceptors (Lipinski definition) is 4. The number of carboxylic acid groups (broad SMARTS) is 1. The number of anilines is 1. The highest BCUT2D eigenvalue weighted by molar-refractivity contribution is 5.66. The van der Waals surface area contributed by atoms with Gasteiger partial charge in [0.1, 0.15) is 0 Å². The van der Waals surface area contributed by atoms with Gasteiger partial charge in [0.25, 0.3) is 5.69 Å². The summed E-state index contributed by atoms with van der Waals surface area (Å²) in [6, 6.07) is 6.29. The third kappa shape index (κ3) is 4.82. The predicted octanol–water partition coefficient (Wildman–Crippen LogP) is 2.65. The van der Waals surface area contributed by atoms with Crippen molar-refractivity contribution in [1.82, 2.24) is 0 Å². The van der Waals surface area contributed by atoms with Crippen LogP contribution in [-0.4, -0.2) is 22.0 Å². The highest BCUT2D eigenvalue weighted by Crippen LogP contribution is 2.17. The Kier molecular flexibility index (Phi) is 5.10. The van der Waals surface area contributed by atoms with Gasteiger partial charge in [-0.05, 0) is 31.9 Å². The molecule has 2 N–H and O–H groups in total. The minimum atomic E-state index is -0.794. The van der Waals surface area contributed by atoms with E-state index in [0.717, 1.165) is 12.1 Å². The van der Waals surface area contributed by atoms with Crippen molar-refractivity contribution in [2.75, 3.05) is 5.32 Å². The minimum Gasteiger partial charge on any atom is -0.481 e. The molecular weight excluding hydrogens is 236 g/mol. The molecule has 98 valence electrons. The van der Waals surface area contributed by atoms with Crippen molar-refractivity contribution < 1.29 is 14.8 Å². The first-order valence-corrected chi connectivity index (χ1v) is 5.72. The van der Waals surface area contributed by atoms with Crippen LogP contribution in [0.3, 0.4) is 0 Å². The van der Waals surface area contributed by atoms with Crippen molar-refractivity contribution in [1.29, 1.82) is 0 Å². The van der Waals surface area contributed by atoms with Crippen LogP contribution in [0.4, 0.5) is 11.4 Å². The van der Waals surface area contributed by atoms with E-state index in [1.165, 1.54) is 12.1 Å². The fourth-order valence-electron chi connectivity index (χ4n) is 1.60. The molecule has 0 amide bonds. The summed E-state index contributed by atoms with van der Waals surface area (Å²) >= 11 is 0. The second kappa shape index (κ2) is 6.58. The quantitative estimate of drug-likeness (QED) is 0.574. The van der Waals surface area contributed by atoms with Crippen molar-refractivity contribution in [3.63, 3.8) is 0 Å². The third-order valence-electron chi connectivity index (χ3n) is 2.52. The van der Waals surface area contributed by atoms with Crippen molar-refractivity contribution in [3.05, 3.63) is 34.4 Å². The van der Waals surface area contributed by atoms with Gasteiger partial charge >= 0.3 is 5.97 Å². The largest absolute Gasteiger partial charge is 0.481 e. The third-order valence-corrected chi connectivity index (χ3v) is 2.52. The van der Waals surface area contributed by atoms with Crippen LogP contribution in [0, 0.1) is 10.1 Å². The lowest BCUT2D eigenvalue weighted by Gasteiger charge is -2.14. The Morgan fingerprint density at radius 3 is 2.56 bits per heavy atom. The molecule has 1 aromatic rings. The van der Waals surface area contributed by atoms with Crippen LogP contribution < -0.4 is 5.32 Å². The van der Waals surface area contributed by atoms with E-state index in [0.29, 0.717) is 6.42 Å². The lowest BCUT2D eigenvalue weighted by Crippen LogP contribution is -2.15. The Hall–Kier alpha value is -2.11. The molecule has 0 aliphatic carbocycles. The molecule has 0 aromatic heterocycles. The van der Waals surface area contributed by atoms with Gasteiger partial charge < -0.3 is 10.4 Å². The number of nitrogens with one attached hydrogen (secondary N) is 1. The Morgan fingerprint density at radius 2 is 2.06 bits per heavy atom. The number of nitro groups is 1. The first-order chi connectivity index (χ1) is 8.49. The summed E-state index contributed by atoms with van der Waals surface area (Å²) in [4.78, 5) is 20.4. The van der Waals surface area contributed by atoms with Crippen molar-refractivity contribution in [2.24, 2.45) is 0 Å². The molecule has 1 atom stereocenters. The summed E-state index contributed by atoms with van der Waals surface area (Å²) in [7, 11) is 0. The van der Waals surface area contributed by atoms with E-state index < -0.39 is 10.9 Å². The van der Waals surface area contributed by atoms with Crippen LogP contribution in [-0.2, 0) is 4.79 Å². The predicted molar refractivity (Wildman–Crippen MR) is 67.7 cm³/mol. The number of hydrogen-bond donors (Lipinski definition) is 2. The molecule has 0 saturated heterocycles. The van der Waals surface area contributed by atoms with E-state index in [2.05, 4.69) is 5.32 Å². The van der Waals surface area contributed by atoms with Crippen LogP contribution in [0.25, 0.3) is 0 Å². The first kappa shape index (κ1) is 14.0. The molecule has 1 unspecified atom stereocenters. The summed E-state index contributed by atoms with van der Waals surface area (Å²) in [6.07, 6.45) is 1.51. The molecule has 6 heteroatoms. The molecule has 1 aromatic carbocycles. The minimum absolute atomic E-state index is 0.0547. The average Bonchev–Trinajstić information content (AvgIpc) is 2.29. The van der Waals surface area contributed by atoms with Gasteiger partial charge in [-0.3, -0.25) is 14.9 Å². The number of nitrogens with zero attached hydrogens (tertiary/aromatic N) is 1. The number of rotatable bonds is 7. The lowest BCUT2D eigenvalue weighted by molar-refractivity contribution is -0.384. The molecule has 0 bridgehead atoms. The van der Waals surface area contributed by atoms with Crippen LogP contribution in [0.2, 0.25) is 0 Å². The lowest BCUT2D eigenvalue weighted by atomic mass is 10.1. The molecule has 0 saturated carbocycles. The number of carboxylic acids is 1. The molecular formula is C12H16N2O4. The molecule has 1 rings (SSSR count). The molecule has 6 nitrogen and oxygen atoms in total. The maximum atomic E-state index is 10.5. The van der Waals surface area contributed by atoms with Gasteiger partial charge in [-0.15, -0.1) is 0 Å². The molecule has 0 spiro atoms. The molecule has 0 radical (unpaired) electrons. The number of non-ortho nitro benzene ring substituents is 1. The number of benzene rings is 1. The number of aliphatic carboxylic acids is 1. The van der Waals surface area contributed by atoms with Crippen LogP contribution in [0.1, 0.15) is 26.2 Å². The van der Waals surface area contributed by atoms with Gasteiger partial charge in [0.2, 0.25) is 0 Å². The summed E-state index contributed by atoms with van der Waals surface area (Å²) in [5, 5.41) is 22.1. The van der Waals surface area contributed by atoms with E-state index in [4.69, 9.17) is 5.11 Å². The zero-order valence-electron chi connectivity index (χ0n) is 10.1. The van der Waals surface area contributed by atoms with E-state index in [1.54, 1.807) is 12.1 Å². The Morgan fingerprint density at radius 1 is 1.44 bits per heavy atom. The van der Waals surface area contributed by atoms with Gasteiger partial charge in [-0.25, -0.2) is 0 Å². The second-order valence-electron chi connectivity index (χ2n) is 4.14. The molecule has 0 aliphatic heterocycles. The number of nitro benzene ring substituents is 1. The monoisotopic (exact) mass is 252 g/mol. The van der Waals surface area contributed by atoms with Crippen LogP contribution in [0.5, 0.6) is 0 Å². The van der Waals surface area contributed by atoms with Crippen molar-refractivity contribution in [2.45, 2.75) is 32.2 Å². The van der Waals surface area contributed by atoms with Gasteiger partial charge in [-0.1, -0.05) is 0 Å². The second-order valence-corrected chi connectivity index (χ2v) is 4.14. The Labute approximate surface area is 105 Å². The molecule has 0 heterocycles. The fraction of sp³-hybridized carbons (Fsp3) is 0.417. The summed E-state index contributed by atoms with van der Waals surface area (Å²) in [5.41, 5.74) is 0.850. The standard InChI is InChI=1S/C12H16N2O4/c1-9(3-2-4-12(15)16)13-10-5-7-11(8-6-10)14(17)18/h5-9,13H,2-4H2,1H3,(H,15,16). The molecule has 0 aliphatic rings. The Balaban J connectivity index is 2.41. The van der Waals surface area contributed by atoms with E-state index in [-0.39, 0.29) is 18.2 Å². The summed E-state index contributed by atoms with van der Waals surface area (Å²) < 4.78 is 0. The summed E-state index contributed by atoms with van der Waals surface area (Å²) in [5.74, 6) is -0.794. The van der Waals surface area contributed by atoms with Crippen LogP contribution in [0.15, 0.2) is 24.3 Å². The topological polar surface area (TPSA) is 92.5 Å². The first-order valence-electron chi connectivity index (χ1n) is 5.72. The maximum Gasteiger partial charge on any atom is 0.303 e. The Bertz CT molecular complexity index is 417. The molecule has 18 heavy (non-hydrogen) atoms. The van der Waals surface area contributed by atoms with Crippen molar-refractivity contribution >= 4 is 17.3 Å². The van der Waals surface area contributed by atoms with E-state index >= 15 is 0 Å². The maximum absolute atomic E-state index is 10.5. The SMILES string of the molecule is CC(CCCC(=O)O)Nc1ccc([N+](=O)[O-])cc1. The smallest absolute Gasteiger partial charge is 0.303 e. The zero-order valence-corrected chi connectivity index (χ0v) is 10.1. The van der Waals surface area contributed by atoms with Gasteiger partial charge in [0, 0.05) is 30.3 Å². The van der Waals surface area contributed by atoms with Gasteiger partial charge in [0.15, 0.2) is 0 Å². The van der Waals surface area contributed by atoms with Gasteiger partial charge in [0.05, 0.1) is 4.92 Å². The highest BCUT2D eigenvalue weighted by Gasteiger charge is 2.06. The zero-order chi connectivity index (χ0) is 13.5. The average molecular weight is 252 g/mol. The highest BCUT2D eigenvalue weighted by atomic mass is 16.6. The van der Waals surface area contributed by atoms with Gasteiger partial charge in [-0.2, -0.15) is 0 Å². The van der Waals surface area contributed by atoms with Crippen LogP contribution >= 0.6 is 0 Å².